The van der Waals surface area contributed by atoms with E-state index in [1.807, 2.05) is 19.1 Å². The van der Waals surface area contributed by atoms with E-state index in [9.17, 15) is 8.78 Å². The van der Waals surface area contributed by atoms with Crippen molar-refractivity contribution < 1.29 is 8.78 Å². The smallest absolute Gasteiger partial charge is 0.173 e. The van der Waals surface area contributed by atoms with Gasteiger partial charge in [0.2, 0.25) is 0 Å². The van der Waals surface area contributed by atoms with E-state index in [2.05, 4.69) is 0 Å². The van der Waals surface area contributed by atoms with Crippen molar-refractivity contribution in [2.24, 2.45) is 0 Å². The number of benzene rings is 2. The van der Waals surface area contributed by atoms with Crippen LogP contribution in [0.15, 0.2) is 60.7 Å². The Kier molecular flexibility index (Phi) is 3.33. The molecule has 17 heavy (non-hydrogen) atoms. The first kappa shape index (κ1) is 11.5. The number of hydrogen-bond acceptors (Lipinski definition) is 0. The molecule has 0 saturated carbocycles. The van der Waals surface area contributed by atoms with Crippen molar-refractivity contribution in [1.29, 1.82) is 0 Å². The third kappa shape index (κ3) is 2.59. The van der Waals surface area contributed by atoms with E-state index >= 15 is 0 Å². The Balaban J connectivity index is 2.56. The summed E-state index contributed by atoms with van der Waals surface area (Å²) in [5.74, 6) is 0. The molecule has 0 aliphatic rings. The molecule has 0 aliphatic carbocycles. The van der Waals surface area contributed by atoms with Crippen molar-refractivity contribution in [2.75, 3.05) is 0 Å². The summed E-state index contributed by atoms with van der Waals surface area (Å²) < 4.78 is 26.2. The van der Waals surface area contributed by atoms with Gasteiger partial charge in [-0.3, -0.25) is 0 Å². The zero-order chi connectivity index (χ0) is 12.3. The molecule has 0 fully saturated rings. The highest BCUT2D eigenvalue weighted by Crippen LogP contribution is 2.28. The molecule has 0 aliphatic heterocycles. The Morgan fingerprint density at radius 1 is 0.824 bits per heavy atom. The molecule has 0 nitrogen and oxygen atoms in total. The molecule has 0 atom stereocenters. The molecule has 2 aromatic rings. The van der Waals surface area contributed by atoms with E-state index in [1.165, 1.54) is 0 Å². The van der Waals surface area contributed by atoms with Crippen LogP contribution in [0.1, 0.15) is 16.7 Å². The van der Waals surface area contributed by atoms with Gasteiger partial charge < -0.3 is 0 Å². The Labute approximate surface area is 99.2 Å². The molecule has 2 heteroatoms. The molecule has 2 aromatic carbocycles. The highest BCUT2D eigenvalue weighted by molar-refractivity contribution is 5.80. The third-order valence-corrected chi connectivity index (χ3v) is 2.56. The Morgan fingerprint density at radius 3 is 2.06 bits per heavy atom. The monoisotopic (exact) mass is 230 g/mol. The van der Waals surface area contributed by atoms with Gasteiger partial charge in [-0.15, -0.1) is 0 Å². The van der Waals surface area contributed by atoms with E-state index in [0.717, 1.165) is 5.56 Å². The second-order valence-electron chi connectivity index (χ2n) is 3.87. The van der Waals surface area contributed by atoms with Crippen LogP contribution in [0, 0.1) is 6.92 Å². The fourth-order valence-corrected chi connectivity index (χ4v) is 1.79. The van der Waals surface area contributed by atoms with Gasteiger partial charge in [0.05, 0.1) is 5.57 Å². The predicted octanol–water partition coefficient (Wildman–Crippen LogP) is 4.65. The van der Waals surface area contributed by atoms with Crippen LogP contribution in [0.2, 0.25) is 0 Å². The zero-order valence-electron chi connectivity index (χ0n) is 9.45. The fourth-order valence-electron chi connectivity index (χ4n) is 1.79. The third-order valence-electron chi connectivity index (χ3n) is 2.56. The number of rotatable bonds is 2. The normalized spacial score (nSPS) is 10.1. The van der Waals surface area contributed by atoms with Gasteiger partial charge in [0.15, 0.2) is 0 Å². The minimum absolute atomic E-state index is 0.00861. The van der Waals surface area contributed by atoms with E-state index in [1.54, 1.807) is 42.5 Å². The lowest BCUT2D eigenvalue weighted by Crippen LogP contribution is -1.90. The van der Waals surface area contributed by atoms with Gasteiger partial charge in [0, 0.05) is 0 Å². The largest absolute Gasteiger partial charge is 0.278 e. The SMILES string of the molecule is Cc1cccc(C(=C(F)F)c2ccccc2)c1. The summed E-state index contributed by atoms with van der Waals surface area (Å²) in [4.78, 5) is 0. The van der Waals surface area contributed by atoms with Gasteiger partial charge in [-0.1, -0.05) is 60.2 Å². The molecular weight excluding hydrogens is 218 g/mol. The Hall–Kier alpha value is -1.96. The average Bonchev–Trinajstić information content (AvgIpc) is 2.30. The van der Waals surface area contributed by atoms with Gasteiger partial charge >= 0.3 is 0 Å². The highest BCUT2D eigenvalue weighted by atomic mass is 19.3. The van der Waals surface area contributed by atoms with Gasteiger partial charge in [0.1, 0.15) is 0 Å². The van der Waals surface area contributed by atoms with Gasteiger partial charge in [-0.25, -0.2) is 0 Å². The topological polar surface area (TPSA) is 0 Å². The molecular formula is C15H12F2. The van der Waals surface area contributed by atoms with E-state index in [4.69, 9.17) is 0 Å². The maximum atomic E-state index is 13.1. The highest BCUT2D eigenvalue weighted by Gasteiger charge is 2.11. The molecule has 0 saturated heterocycles. The molecule has 0 heterocycles. The van der Waals surface area contributed by atoms with Gasteiger partial charge in [-0.05, 0) is 18.1 Å². The van der Waals surface area contributed by atoms with Crippen molar-refractivity contribution in [3.8, 4) is 0 Å². The first-order valence-corrected chi connectivity index (χ1v) is 5.36. The predicted molar refractivity (Wildman–Crippen MR) is 65.9 cm³/mol. The molecule has 0 unspecified atom stereocenters. The van der Waals surface area contributed by atoms with E-state index in [-0.39, 0.29) is 5.57 Å². The number of halogens is 2. The van der Waals surface area contributed by atoms with Gasteiger partial charge in [0.25, 0.3) is 6.08 Å². The zero-order valence-corrected chi connectivity index (χ0v) is 9.45. The molecule has 0 spiro atoms. The minimum atomic E-state index is -1.65. The number of hydrogen-bond donors (Lipinski definition) is 0. The number of aryl methyl sites for hydroxylation is 1. The molecule has 0 aromatic heterocycles. The van der Waals surface area contributed by atoms with Crippen molar-refractivity contribution in [2.45, 2.75) is 6.92 Å². The lowest BCUT2D eigenvalue weighted by molar-refractivity contribution is 0.426. The molecule has 0 bridgehead atoms. The second-order valence-corrected chi connectivity index (χ2v) is 3.87. The maximum Gasteiger partial charge on any atom is 0.278 e. The second kappa shape index (κ2) is 4.91. The van der Waals surface area contributed by atoms with Crippen molar-refractivity contribution >= 4 is 5.57 Å². The summed E-state index contributed by atoms with van der Waals surface area (Å²) in [6.45, 7) is 1.89. The summed E-state index contributed by atoms with van der Waals surface area (Å²) in [6.07, 6.45) is -1.65. The van der Waals surface area contributed by atoms with Crippen LogP contribution < -0.4 is 0 Å². The standard InChI is InChI=1S/C15H12F2/c1-11-6-5-9-13(10-11)14(15(16)17)12-7-3-2-4-8-12/h2-10H,1H3. The van der Waals surface area contributed by atoms with Crippen LogP contribution in [0.5, 0.6) is 0 Å². The minimum Gasteiger partial charge on any atom is -0.173 e. The lowest BCUT2D eigenvalue weighted by Gasteiger charge is -2.07. The molecule has 0 N–H and O–H groups in total. The van der Waals surface area contributed by atoms with Crippen LogP contribution in [0.4, 0.5) is 8.78 Å². The van der Waals surface area contributed by atoms with Crippen LogP contribution >= 0.6 is 0 Å². The van der Waals surface area contributed by atoms with Crippen molar-refractivity contribution in [3.63, 3.8) is 0 Å². The summed E-state index contributed by atoms with van der Waals surface area (Å²) in [6, 6.07) is 15.9. The summed E-state index contributed by atoms with van der Waals surface area (Å²) >= 11 is 0. The van der Waals surface area contributed by atoms with E-state index < -0.39 is 6.08 Å². The van der Waals surface area contributed by atoms with Crippen LogP contribution in [-0.4, -0.2) is 0 Å². The lowest BCUT2D eigenvalue weighted by atomic mass is 9.98. The van der Waals surface area contributed by atoms with E-state index in [0.29, 0.717) is 11.1 Å². The van der Waals surface area contributed by atoms with Crippen LogP contribution in [0.3, 0.4) is 0 Å². The fraction of sp³-hybridized carbons (Fsp3) is 0.0667. The Bertz CT molecular complexity index is 538. The average molecular weight is 230 g/mol. The van der Waals surface area contributed by atoms with Crippen LogP contribution in [-0.2, 0) is 0 Å². The Morgan fingerprint density at radius 2 is 1.47 bits per heavy atom. The molecule has 0 amide bonds. The van der Waals surface area contributed by atoms with Crippen molar-refractivity contribution in [3.05, 3.63) is 77.4 Å². The summed E-state index contributed by atoms with van der Waals surface area (Å²) in [7, 11) is 0. The molecule has 0 radical (unpaired) electrons. The van der Waals surface area contributed by atoms with Gasteiger partial charge in [-0.2, -0.15) is 8.78 Å². The maximum absolute atomic E-state index is 13.1. The summed E-state index contributed by atoms with van der Waals surface area (Å²) in [5.41, 5.74) is 2.07. The van der Waals surface area contributed by atoms with Crippen molar-refractivity contribution in [1.82, 2.24) is 0 Å². The van der Waals surface area contributed by atoms with Crippen LogP contribution in [0.25, 0.3) is 5.57 Å². The molecule has 2 rings (SSSR count). The summed E-state index contributed by atoms with van der Waals surface area (Å²) in [5, 5.41) is 0. The first-order valence-electron chi connectivity index (χ1n) is 5.36. The first-order chi connectivity index (χ1) is 8.18. The quantitative estimate of drug-likeness (QED) is 0.704. The molecule has 86 valence electrons.